The number of carbonyl (C=O) groups excluding carboxylic acids is 1. The molecule has 0 aliphatic rings. The van der Waals surface area contributed by atoms with E-state index in [1.54, 1.807) is 0 Å². The number of carbonyl (C=O) groups is 1. The molecule has 18 heavy (non-hydrogen) atoms. The first-order chi connectivity index (χ1) is 8.51. The predicted octanol–water partition coefficient (Wildman–Crippen LogP) is 1.30. The summed E-state index contributed by atoms with van der Waals surface area (Å²) in [5.41, 5.74) is 0.927. The van der Waals surface area contributed by atoms with Gasteiger partial charge in [-0.05, 0) is 32.6 Å². The minimum Gasteiger partial charge on any atom is -0.383 e. The number of aliphatic hydroxyl groups is 2. The molecule has 0 heterocycles. The largest absolute Gasteiger partial charge is 0.383 e. The number of hydrogen-bond donors (Lipinski definition) is 3. The number of aliphatic hydroxyl groups excluding tert-OH is 2. The zero-order valence-electron chi connectivity index (χ0n) is 11.3. The zero-order valence-corrected chi connectivity index (χ0v) is 11.3. The Bertz CT molecular complexity index is 255. The lowest BCUT2D eigenvalue weighted by atomic mass is 10.1. The molecule has 0 rings (SSSR count). The first-order valence-corrected chi connectivity index (χ1v) is 6.36. The molecule has 1 amide bonds. The van der Waals surface area contributed by atoms with E-state index < -0.39 is 25.0 Å². The number of hydrogen-bond acceptors (Lipinski definition) is 4. The first kappa shape index (κ1) is 17.1. The second kappa shape index (κ2) is 10.1. The summed E-state index contributed by atoms with van der Waals surface area (Å²) >= 11 is 0. The highest BCUT2D eigenvalue weighted by Crippen LogP contribution is 2.07. The van der Waals surface area contributed by atoms with Gasteiger partial charge in [0.2, 0.25) is 0 Å². The Morgan fingerprint density at radius 1 is 1.44 bits per heavy atom. The molecule has 0 aliphatic heterocycles. The summed E-state index contributed by atoms with van der Waals surface area (Å²) in [6.07, 6.45) is 1.83. The molecule has 0 aromatic carbocycles. The highest BCUT2D eigenvalue weighted by Gasteiger charge is 2.18. The van der Waals surface area contributed by atoms with Crippen molar-refractivity contribution < 1.29 is 19.7 Å². The molecule has 106 valence electrons. The van der Waals surface area contributed by atoms with E-state index in [2.05, 4.69) is 11.9 Å². The van der Waals surface area contributed by atoms with Crippen molar-refractivity contribution in [1.82, 2.24) is 5.32 Å². The van der Waals surface area contributed by atoms with Gasteiger partial charge in [-0.3, -0.25) is 4.79 Å². The topological polar surface area (TPSA) is 78.8 Å². The van der Waals surface area contributed by atoms with Crippen molar-refractivity contribution in [3.8, 4) is 0 Å². The summed E-state index contributed by atoms with van der Waals surface area (Å²) in [4.78, 5) is 11.7. The average molecular weight is 259 g/mol. The van der Waals surface area contributed by atoms with E-state index in [9.17, 15) is 9.90 Å². The Morgan fingerprint density at radius 2 is 2.11 bits per heavy atom. The quantitative estimate of drug-likeness (QED) is 0.408. The molecule has 0 fully saturated rings. The van der Waals surface area contributed by atoms with Crippen LogP contribution in [0.5, 0.6) is 0 Å². The van der Waals surface area contributed by atoms with Gasteiger partial charge < -0.3 is 20.3 Å². The number of rotatable bonds is 10. The summed E-state index contributed by atoms with van der Waals surface area (Å²) in [6.45, 7) is 7.15. The molecule has 2 atom stereocenters. The van der Waals surface area contributed by atoms with Crippen LogP contribution in [0.25, 0.3) is 0 Å². The van der Waals surface area contributed by atoms with Crippen LogP contribution in [0.4, 0.5) is 0 Å². The summed E-state index contributed by atoms with van der Waals surface area (Å²) in [7, 11) is 0. The van der Waals surface area contributed by atoms with Gasteiger partial charge in [0.15, 0.2) is 0 Å². The summed E-state index contributed by atoms with van der Waals surface area (Å²) in [5, 5.41) is 20.9. The molecule has 0 aromatic heterocycles. The number of amides is 1. The van der Waals surface area contributed by atoms with Crippen LogP contribution in [-0.2, 0) is 9.53 Å². The van der Waals surface area contributed by atoms with Gasteiger partial charge in [0, 0.05) is 0 Å². The monoisotopic (exact) mass is 259 g/mol. The summed E-state index contributed by atoms with van der Waals surface area (Å²) in [6, 6.07) is 0. The molecule has 0 bridgehead atoms. The Hall–Kier alpha value is -0.910. The Balaban J connectivity index is 4.09. The van der Waals surface area contributed by atoms with Crippen molar-refractivity contribution >= 4 is 5.91 Å². The van der Waals surface area contributed by atoms with Crippen molar-refractivity contribution in [2.75, 3.05) is 6.79 Å². The molecule has 0 spiro atoms. The van der Waals surface area contributed by atoms with Crippen molar-refractivity contribution in [3.05, 3.63) is 12.2 Å². The van der Waals surface area contributed by atoms with Gasteiger partial charge in [-0.2, -0.15) is 0 Å². The molecule has 3 N–H and O–H groups in total. The molecule has 0 radical (unpaired) electrons. The molecule has 5 heteroatoms. The van der Waals surface area contributed by atoms with Crippen LogP contribution in [0.3, 0.4) is 0 Å². The van der Waals surface area contributed by atoms with E-state index >= 15 is 0 Å². The fraction of sp³-hybridized carbons (Fsp3) is 0.769. The van der Waals surface area contributed by atoms with Crippen LogP contribution < -0.4 is 5.32 Å². The van der Waals surface area contributed by atoms with Crippen LogP contribution in [0.1, 0.15) is 46.0 Å². The average Bonchev–Trinajstić information content (AvgIpc) is 2.33. The maximum Gasteiger partial charge on any atom is 0.250 e. The van der Waals surface area contributed by atoms with E-state index in [1.165, 1.54) is 0 Å². The highest BCUT2D eigenvalue weighted by molar-refractivity contribution is 5.80. The normalized spacial score (nSPS) is 14.0. The van der Waals surface area contributed by atoms with Gasteiger partial charge in [0.05, 0.1) is 0 Å². The van der Waals surface area contributed by atoms with Gasteiger partial charge in [0.1, 0.15) is 19.1 Å². The predicted molar refractivity (Wildman–Crippen MR) is 69.7 cm³/mol. The lowest BCUT2D eigenvalue weighted by Gasteiger charge is -2.20. The summed E-state index contributed by atoms with van der Waals surface area (Å²) in [5.74, 6) is -0.467. The highest BCUT2D eigenvalue weighted by atomic mass is 16.6. The van der Waals surface area contributed by atoms with Gasteiger partial charge >= 0.3 is 0 Å². The van der Waals surface area contributed by atoms with Crippen LogP contribution >= 0.6 is 0 Å². The molecule has 0 aliphatic carbocycles. The van der Waals surface area contributed by atoms with Crippen LogP contribution in [0, 0.1) is 0 Å². The van der Waals surface area contributed by atoms with Crippen molar-refractivity contribution in [2.24, 2.45) is 0 Å². The minimum atomic E-state index is -1.06. The lowest BCUT2D eigenvalue weighted by molar-refractivity contribution is -0.137. The van der Waals surface area contributed by atoms with Crippen molar-refractivity contribution in [3.63, 3.8) is 0 Å². The fourth-order valence-electron chi connectivity index (χ4n) is 1.45. The van der Waals surface area contributed by atoms with Crippen molar-refractivity contribution in [1.29, 1.82) is 0 Å². The number of nitrogens with one attached hydrogen (secondary N) is 1. The number of unbranched alkanes of at least 4 members (excludes halogenated alkanes) is 1. The second-order valence-electron chi connectivity index (χ2n) is 4.45. The number of ether oxygens (including phenoxy) is 1. The first-order valence-electron chi connectivity index (χ1n) is 6.36. The maximum absolute atomic E-state index is 11.7. The Morgan fingerprint density at radius 3 is 2.61 bits per heavy atom. The van der Waals surface area contributed by atoms with E-state index in [0.29, 0.717) is 19.3 Å². The van der Waals surface area contributed by atoms with E-state index in [0.717, 1.165) is 18.4 Å². The SMILES string of the molecule is C=C(C)CC[C@H](O)C(=O)N[C@H](CCCC)OCO. The Labute approximate surface area is 109 Å². The molecule has 5 nitrogen and oxygen atoms in total. The van der Waals surface area contributed by atoms with Crippen LogP contribution in [-0.4, -0.2) is 35.2 Å². The molecular formula is C13H25NO4. The smallest absolute Gasteiger partial charge is 0.250 e. The van der Waals surface area contributed by atoms with Crippen LogP contribution in [0.15, 0.2) is 12.2 Å². The van der Waals surface area contributed by atoms with E-state index in [1.807, 2.05) is 13.8 Å². The molecule has 0 aromatic rings. The van der Waals surface area contributed by atoms with E-state index in [-0.39, 0.29) is 0 Å². The minimum absolute atomic E-state index is 0.348. The zero-order chi connectivity index (χ0) is 14.0. The van der Waals surface area contributed by atoms with Gasteiger partial charge in [0.25, 0.3) is 5.91 Å². The molecule has 0 saturated carbocycles. The molecule has 0 saturated heterocycles. The molecule has 0 unspecified atom stereocenters. The molecular weight excluding hydrogens is 234 g/mol. The van der Waals surface area contributed by atoms with Gasteiger partial charge in [-0.25, -0.2) is 0 Å². The third-order valence-electron chi connectivity index (χ3n) is 2.55. The second-order valence-corrected chi connectivity index (χ2v) is 4.45. The van der Waals surface area contributed by atoms with Crippen molar-refractivity contribution in [2.45, 2.75) is 58.3 Å². The van der Waals surface area contributed by atoms with Crippen LogP contribution in [0.2, 0.25) is 0 Å². The Kier molecular flexibility index (Phi) is 9.55. The number of allylic oxidation sites excluding steroid dienone is 1. The standard InChI is InChI=1S/C13H25NO4/c1-4-5-6-12(18-9-15)14-13(17)11(16)8-7-10(2)3/h11-12,15-16H,2,4-9H2,1,3H3,(H,14,17)/t11-,12-/m0/s1. The third-order valence-corrected chi connectivity index (χ3v) is 2.55. The van der Waals surface area contributed by atoms with Gasteiger partial charge in [-0.15, -0.1) is 6.58 Å². The lowest BCUT2D eigenvalue weighted by Crippen LogP contribution is -2.43. The fourth-order valence-corrected chi connectivity index (χ4v) is 1.45. The maximum atomic E-state index is 11.7. The van der Waals surface area contributed by atoms with E-state index in [4.69, 9.17) is 9.84 Å². The van der Waals surface area contributed by atoms with Gasteiger partial charge in [-0.1, -0.05) is 18.9 Å². The third kappa shape index (κ3) is 8.22. The summed E-state index contributed by atoms with van der Waals surface area (Å²) < 4.78 is 4.99.